The Morgan fingerprint density at radius 2 is 2.10 bits per heavy atom. The van der Waals surface area contributed by atoms with Gasteiger partial charge < -0.3 is 0 Å². The molecule has 1 unspecified atom stereocenters. The van der Waals surface area contributed by atoms with Crippen LogP contribution in [0.5, 0.6) is 0 Å². The van der Waals surface area contributed by atoms with Crippen molar-refractivity contribution < 1.29 is 4.79 Å². The zero-order chi connectivity index (χ0) is 20.1. The highest BCUT2D eigenvalue weighted by atomic mass is 32.1. The lowest BCUT2D eigenvalue weighted by molar-refractivity contribution is -0.123. The summed E-state index contributed by atoms with van der Waals surface area (Å²) in [6.45, 7) is 4.93. The minimum atomic E-state index is 0.157. The molecule has 1 aliphatic carbocycles. The number of hydrogen-bond acceptors (Lipinski definition) is 4. The maximum absolute atomic E-state index is 13.4. The van der Waals surface area contributed by atoms with Gasteiger partial charge in [0.05, 0.1) is 0 Å². The van der Waals surface area contributed by atoms with Gasteiger partial charge in [0.15, 0.2) is 0 Å². The molecule has 0 bridgehead atoms. The number of rotatable bonds is 6. The SMILES string of the molecule is CC(CN(C(=O)C1CCCCC1)c1ccccn1)N1CC=C(c2cccs2)CC1. The molecule has 1 aliphatic heterocycles. The Labute approximate surface area is 178 Å². The van der Waals surface area contributed by atoms with Crippen LogP contribution in [0.4, 0.5) is 5.82 Å². The van der Waals surface area contributed by atoms with E-state index in [4.69, 9.17) is 0 Å². The fraction of sp³-hybridized carbons (Fsp3) is 0.500. The van der Waals surface area contributed by atoms with Gasteiger partial charge in [-0.25, -0.2) is 4.98 Å². The number of carbonyl (C=O) groups is 1. The molecule has 0 N–H and O–H groups in total. The minimum Gasteiger partial charge on any atom is -0.295 e. The van der Waals surface area contributed by atoms with E-state index in [0.29, 0.717) is 12.6 Å². The lowest BCUT2D eigenvalue weighted by atomic mass is 9.88. The summed E-state index contributed by atoms with van der Waals surface area (Å²) < 4.78 is 0. The van der Waals surface area contributed by atoms with Crippen LogP contribution in [0.1, 0.15) is 50.3 Å². The van der Waals surface area contributed by atoms with Crippen LogP contribution in [0.15, 0.2) is 48.0 Å². The summed E-state index contributed by atoms with van der Waals surface area (Å²) in [5, 5.41) is 2.15. The van der Waals surface area contributed by atoms with E-state index in [-0.39, 0.29) is 11.8 Å². The third-order valence-electron chi connectivity index (χ3n) is 6.29. The average Bonchev–Trinajstić information content (AvgIpc) is 3.33. The van der Waals surface area contributed by atoms with Crippen molar-refractivity contribution in [3.8, 4) is 0 Å². The van der Waals surface area contributed by atoms with E-state index in [1.165, 1.54) is 29.7 Å². The highest BCUT2D eigenvalue weighted by molar-refractivity contribution is 7.11. The monoisotopic (exact) mass is 409 g/mol. The Bertz CT molecular complexity index is 812. The number of amides is 1. The molecule has 1 saturated carbocycles. The largest absolute Gasteiger partial charge is 0.295 e. The number of hydrogen-bond donors (Lipinski definition) is 0. The summed E-state index contributed by atoms with van der Waals surface area (Å²) in [5.74, 6) is 1.22. The lowest BCUT2D eigenvalue weighted by Crippen LogP contribution is -2.48. The molecule has 1 fully saturated rings. The number of aromatic nitrogens is 1. The lowest BCUT2D eigenvalue weighted by Gasteiger charge is -2.36. The van der Waals surface area contributed by atoms with Crippen LogP contribution in [0.25, 0.3) is 5.57 Å². The standard InChI is InChI=1S/C24H31N3OS/c1-19(26-15-12-20(13-16-26)22-10-7-17-29-22)18-27(23-11-5-6-14-25-23)24(28)21-8-3-2-4-9-21/h5-7,10-12,14,17,19,21H,2-4,8-9,13,15-16,18H2,1H3. The molecule has 0 saturated heterocycles. The highest BCUT2D eigenvalue weighted by Gasteiger charge is 2.30. The van der Waals surface area contributed by atoms with E-state index in [9.17, 15) is 4.79 Å². The third-order valence-corrected chi connectivity index (χ3v) is 7.24. The highest BCUT2D eigenvalue weighted by Crippen LogP contribution is 2.29. The van der Waals surface area contributed by atoms with E-state index in [1.807, 2.05) is 34.4 Å². The van der Waals surface area contributed by atoms with Crippen molar-refractivity contribution in [2.45, 2.75) is 51.5 Å². The van der Waals surface area contributed by atoms with Crippen molar-refractivity contribution in [2.24, 2.45) is 5.92 Å². The molecule has 4 rings (SSSR count). The summed E-state index contributed by atoms with van der Waals surface area (Å²) in [6, 6.07) is 10.5. The average molecular weight is 410 g/mol. The van der Waals surface area contributed by atoms with Crippen LogP contribution < -0.4 is 4.90 Å². The van der Waals surface area contributed by atoms with Crippen LogP contribution in [0.2, 0.25) is 0 Å². The van der Waals surface area contributed by atoms with E-state index in [2.05, 4.69) is 40.4 Å². The molecule has 154 valence electrons. The Kier molecular flexibility index (Phi) is 6.78. The molecule has 0 spiro atoms. The molecule has 1 atom stereocenters. The van der Waals surface area contributed by atoms with Crippen molar-refractivity contribution in [3.05, 3.63) is 52.9 Å². The first-order chi connectivity index (χ1) is 14.2. The van der Waals surface area contributed by atoms with Crippen LogP contribution in [-0.2, 0) is 4.79 Å². The molecule has 0 radical (unpaired) electrons. The van der Waals surface area contributed by atoms with Gasteiger partial charge in [0.1, 0.15) is 5.82 Å². The van der Waals surface area contributed by atoms with E-state index < -0.39 is 0 Å². The van der Waals surface area contributed by atoms with Gasteiger partial charge in [0.25, 0.3) is 0 Å². The smallest absolute Gasteiger partial charge is 0.231 e. The summed E-state index contributed by atoms with van der Waals surface area (Å²) in [4.78, 5) is 23.7. The Hall–Kier alpha value is -1.98. The molecule has 2 aliphatic rings. The topological polar surface area (TPSA) is 36.4 Å². The van der Waals surface area contributed by atoms with Crippen molar-refractivity contribution >= 4 is 28.6 Å². The Morgan fingerprint density at radius 1 is 1.24 bits per heavy atom. The van der Waals surface area contributed by atoms with Crippen molar-refractivity contribution in [1.29, 1.82) is 0 Å². The maximum Gasteiger partial charge on any atom is 0.231 e. The fourth-order valence-corrected chi connectivity index (χ4v) is 5.33. The molecule has 4 nitrogen and oxygen atoms in total. The normalized spacial score (nSPS) is 19.6. The van der Waals surface area contributed by atoms with Gasteiger partial charge >= 0.3 is 0 Å². The van der Waals surface area contributed by atoms with Gasteiger partial charge in [-0.05, 0) is 55.3 Å². The second-order valence-electron chi connectivity index (χ2n) is 8.27. The van der Waals surface area contributed by atoms with Crippen molar-refractivity contribution in [2.75, 3.05) is 24.5 Å². The predicted octanol–water partition coefficient (Wildman–Crippen LogP) is 5.23. The zero-order valence-electron chi connectivity index (χ0n) is 17.3. The number of nitrogens with zero attached hydrogens (tertiary/aromatic N) is 3. The molecule has 29 heavy (non-hydrogen) atoms. The summed E-state index contributed by atoms with van der Waals surface area (Å²) in [5.41, 5.74) is 1.46. The first-order valence-electron chi connectivity index (χ1n) is 10.9. The van der Waals surface area contributed by atoms with Gasteiger partial charge in [-0.2, -0.15) is 0 Å². The van der Waals surface area contributed by atoms with E-state index in [1.54, 1.807) is 6.20 Å². The Morgan fingerprint density at radius 3 is 2.76 bits per heavy atom. The molecule has 0 aromatic carbocycles. The van der Waals surface area contributed by atoms with Crippen LogP contribution in [-0.4, -0.2) is 41.5 Å². The van der Waals surface area contributed by atoms with Crippen LogP contribution >= 0.6 is 11.3 Å². The molecule has 2 aromatic heterocycles. The predicted molar refractivity (Wildman–Crippen MR) is 121 cm³/mol. The van der Waals surface area contributed by atoms with Crippen LogP contribution in [0.3, 0.4) is 0 Å². The summed E-state index contributed by atoms with van der Waals surface area (Å²) in [7, 11) is 0. The second kappa shape index (κ2) is 9.68. The summed E-state index contributed by atoms with van der Waals surface area (Å²) in [6.07, 6.45) is 10.9. The second-order valence-corrected chi connectivity index (χ2v) is 9.22. The number of anilines is 1. The van der Waals surface area contributed by atoms with Gasteiger partial charge in [-0.3, -0.25) is 14.6 Å². The van der Waals surface area contributed by atoms with Gasteiger partial charge in [0.2, 0.25) is 5.91 Å². The Balaban J connectivity index is 1.45. The first kappa shape index (κ1) is 20.3. The maximum atomic E-state index is 13.4. The number of carbonyl (C=O) groups excluding carboxylic acids is 1. The van der Waals surface area contributed by atoms with Crippen molar-refractivity contribution in [3.63, 3.8) is 0 Å². The van der Waals surface area contributed by atoms with Crippen LogP contribution in [0, 0.1) is 5.92 Å². The molecule has 3 heterocycles. The van der Waals surface area contributed by atoms with Gasteiger partial charge in [-0.1, -0.05) is 37.5 Å². The molecule has 2 aromatic rings. The molecular formula is C24H31N3OS. The molecule has 1 amide bonds. The van der Waals surface area contributed by atoms with Crippen molar-refractivity contribution in [1.82, 2.24) is 9.88 Å². The third kappa shape index (κ3) is 4.96. The minimum absolute atomic E-state index is 0.157. The molecular weight excluding hydrogens is 378 g/mol. The fourth-order valence-electron chi connectivity index (χ4n) is 4.53. The molecule has 5 heteroatoms. The van der Waals surface area contributed by atoms with E-state index in [0.717, 1.165) is 38.2 Å². The van der Waals surface area contributed by atoms with E-state index >= 15 is 0 Å². The van der Waals surface area contributed by atoms with Gasteiger partial charge in [-0.15, -0.1) is 11.3 Å². The first-order valence-corrected chi connectivity index (χ1v) is 11.8. The quantitative estimate of drug-likeness (QED) is 0.655. The van der Waals surface area contributed by atoms with Gasteiger partial charge in [0, 0.05) is 42.7 Å². The summed E-state index contributed by atoms with van der Waals surface area (Å²) >= 11 is 1.82. The number of pyridine rings is 1. The number of thiophene rings is 1. The zero-order valence-corrected chi connectivity index (χ0v) is 18.1.